The SMILES string of the molecule is Nc1ccc(C2(c3nc(-c4cccnc4)no3)CC2)cc1. The molecule has 1 aliphatic carbocycles. The minimum atomic E-state index is -0.138. The Bertz CT molecular complexity index is 760. The van der Waals surface area contributed by atoms with Gasteiger partial charge in [0.15, 0.2) is 0 Å². The third kappa shape index (κ3) is 1.98. The number of hydrogen-bond donors (Lipinski definition) is 1. The summed E-state index contributed by atoms with van der Waals surface area (Å²) in [6.07, 6.45) is 5.50. The Morgan fingerprint density at radius 1 is 1.10 bits per heavy atom. The zero-order valence-corrected chi connectivity index (χ0v) is 11.4. The molecule has 0 aliphatic heterocycles. The van der Waals surface area contributed by atoms with Crippen molar-refractivity contribution in [3.8, 4) is 11.4 Å². The minimum Gasteiger partial charge on any atom is -0.399 e. The van der Waals surface area contributed by atoms with Gasteiger partial charge in [-0.3, -0.25) is 4.98 Å². The van der Waals surface area contributed by atoms with Crippen molar-refractivity contribution in [1.82, 2.24) is 15.1 Å². The van der Waals surface area contributed by atoms with E-state index in [0.29, 0.717) is 11.7 Å². The standard InChI is InChI=1S/C16H14N4O/c17-13-5-3-12(4-6-13)16(7-8-16)15-19-14(20-21-15)11-2-1-9-18-10-11/h1-6,9-10H,7-8,17H2. The van der Waals surface area contributed by atoms with Crippen LogP contribution in [0.2, 0.25) is 0 Å². The van der Waals surface area contributed by atoms with Crippen LogP contribution in [-0.2, 0) is 5.41 Å². The number of aromatic nitrogens is 3. The second kappa shape index (κ2) is 4.41. The summed E-state index contributed by atoms with van der Waals surface area (Å²) >= 11 is 0. The fourth-order valence-electron chi connectivity index (χ4n) is 2.58. The molecule has 2 N–H and O–H groups in total. The molecule has 1 aromatic carbocycles. The second-order valence-electron chi connectivity index (χ2n) is 5.37. The van der Waals surface area contributed by atoms with Crippen molar-refractivity contribution in [2.45, 2.75) is 18.3 Å². The lowest BCUT2D eigenvalue weighted by molar-refractivity contribution is 0.360. The number of rotatable bonds is 3. The molecule has 1 aliphatic rings. The number of nitrogens with two attached hydrogens (primary N) is 1. The topological polar surface area (TPSA) is 77.8 Å². The van der Waals surface area contributed by atoms with Gasteiger partial charge in [-0.05, 0) is 42.7 Å². The highest BCUT2D eigenvalue weighted by atomic mass is 16.5. The Hall–Kier alpha value is -2.69. The quantitative estimate of drug-likeness (QED) is 0.745. The Labute approximate surface area is 121 Å². The van der Waals surface area contributed by atoms with Crippen LogP contribution in [0.5, 0.6) is 0 Å². The van der Waals surface area contributed by atoms with Crippen LogP contribution in [0.25, 0.3) is 11.4 Å². The first-order valence-corrected chi connectivity index (χ1v) is 6.89. The van der Waals surface area contributed by atoms with E-state index in [1.54, 1.807) is 12.4 Å². The molecule has 5 nitrogen and oxygen atoms in total. The first-order chi connectivity index (χ1) is 10.3. The second-order valence-corrected chi connectivity index (χ2v) is 5.37. The van der Waals surface area contributed by atoms with Crippen LogP contribution in [-0.4, -0.2) is 15.1 Å². The third-order valence-electron chi connectivity index (χ3n) is 3.97. The molecule has 104 valence electrons. The number of pyridine rings is 1. The Morgan fingerprint density at radius 3 is 2.57 bits per heavy atom. The fraction of sp³-hybridized carbons (Fsp3) is 0.188. The maximum Gasteiger partial charge on any atom is 0.237 e. The van der Waals surface area contributed by atoms with Crippen LogP contribution < -0.4 is 5.73 Å². The van der Waals surface area contributed by atoms with Crippen molar-refractivity contribution in [3.63, 3.8) is 0 Å². The van der Waals surface area contributed by atoms with Gasteiger partial charge in [0.05, 0.1) is 5.41 Å². The first-order valence-electron chi connectivity index (χ1n) is 6.89. The summed E-state index contributed by atoms with van der Waals surface area (Å²) in [4.78, 5) is 8.64. The Balaban J connectivity index is 1.71. The van der Waals surface area contributed by atoms with Crippen molar-refractivity contribution in [2.75, 3.05) is 5.73 Å². The molecular formula is C16H14N4O. The van der Waals surface area contributed by atoms with E-state index in [4.69, 9.17) is 10.3 Å². The molecule has 2 aromatic heterocycles. The van der Waals surface area contributed by atoms with Crippen molar-refractivity contribution >= 4 is 5.69 Å². The predicted octanol–water partition coefficient (Wildman–Crippen LogP) is 2.79. The highest BCUT2D eigenvalue weighted by molar-refractivity contribution is 5.53. The molecule has 0 saturated heterocycles. The van der Waals surface area contributed by atoms with Crippen LogP contribution in [0.1, 0.15) is 24.3 Å². The smallest absolute Gasteiger partial charge is 0.237 e. The zero-order chi connectivity index (χ0) is 14.3. The van der Waals surface area contributed by atoms with Crippen LogP contribution in [0, 0.1) is 0 Å². The van der Waals surface area contributed by atoms with Gasteiger partial charge in [0.2, 0.25) is 11.7 Å². The van der Waals surface area contributed by atoms with E-state index in [-0.39, 0.29) is 5.41 Å². The average Bonchev–Trinajstić information content (AvgIpc) is 3.19. The van der Waals surface area contributed by atoms with Gasteiger partial charge in [-0.1, -0.05) is 17.3 Å². The van der Waals surface area contributed by atoms with Crippen molar-refractivity contribution in [1.29, 1.82) is 0 Å². The Morgan fingerprint density at radius 2 is 1.90 bits per heavy atom. The molecular weight excluding hydrogens is 264 g/mol. The molecule has 1 saturated carbocycles. The lowest BCUT2D eigenvalue weighted by atomic mass is 9.96. The van der Waals surface area contributed by atoms with Gasteiger partial charge in [0, 0.05) is 23.6 Å². The molecule has 1 fully saturated rings. The van der Waals surface area contributed by atoms with Gasteiger partial charge in [0.25, 0.3) is 0 Å². The van der Waals surface area contributed by atoms with E-state index < -0.39 is 0 Å². The predicted molar refractivity (Wildman–Crippen MR) is 78.4 cm³/mol. The van der Waals surface area contributed by atoms with Crippen molar-refractivity contribution in [2.24, 2.45) is 0 Å². The minimum absolute atomic E-state index is 0.138. The van der Waals surface area contributed by atoms with Crippen LogP contribution in [0.4, 0.5) is 5.69 Å². The molecule has 0 amide bonds. The normalized spacial score (nSPS) is 15.8. The van der Waals surface area contributed by atoms with E-state index in [1.807, 2.05) is 36.4 Å². The number of nitrogens with zero attached hydrogens (tertiary/aromatic N) is 3. The summed E-state index contributed by atoms with van der Waals surface area (Å²) in [7, 11) is 0. The zero-order valence-electron chi connectivity index (χ0n) is 11.4. The summed E-state index contributed by atoms with van der Waals surface area (Å²) in [5.74, 6) is 1.26. The monoisotopic (exact) mass is 278 g/mol. The molecule has 3 aromatic rings. The van der Waals surface area contributed by atoms with E-state index in [0.717, 1.165) is 24.1 Å². The molecule has 21 heavy (non-hydrogen) atoms. The molecule has 0 spiro atoms. The van der Waals surface area contributed by atoms with E-state index in [9.17, 15) is 0 Å². The maximum absolute atomic E-state index is 5.75. The highest BCUT2D eigenvalue weighted by Crippen LogP contribution is 2.53. The van der Waals surface area contributed by atoms with E-state index >= 15 is 0 Å². The Kier molecular flexibility index (Phi) is 2.54. The summed E-state index contributed by atoms with van der Waals surface area (Å²) < 4.78 is 5.51. The molecule has 0 unspecified atom stereocenters. The molecule has 4 rings (SSSR count). The van der Waals surface area contributed by atoms with Crippen molar-refractivity contribution in [3.05, 3.63) is 60.2 Å². The van der Waals surface area contributed by atoms with Gasteiger partial charge < -0.3 is 10.3 Å². The first kappa shape index (κ1) is 12.1. The van der Waals surface area contributed by atoms with Gasteiger partial charge in [-0.2, -0.15) is 4.98 Å². The largest absolute Gasteiger partial charge is 0.399 e. The van der Waals surface area contributed by atoms with Crippen LogP contribution in [0.15, 0.2) is 53.3 Å². The van der Waals surface area contributed by atoms with Gasteiger partial charge in [-0.15, -0.1) is 0 Å². The summed E-state index contributed by atoms with van der Waals surface area (Å²) in [6, 6.07) is 11.7. The van der Waals surface area contributed by atoms with E-state index in [1.165, 1.54) is 5.56 Å². The lowest BCUT2D eigenvalue weighted by Gasteiger charge is -2.10. The molecule has 0 atom stereocenters. The van der Waals surface area contributed by atoms with Gasteiger partial charge in [-0.25, -0.2) is 0 Å². The number of benzene rings is 1. The number of nitrogen functional groups attached to an aromatic ring is 1. The van der Waals surface area contributed by atoms with Gasteiger partial charge in [0.1, 0.15) is 0 Å². The summed E-state index contributed by atoms with van der Waals surface area (Å²) in [5, 5.41) is 4.08. The number of hydrogen-bond acceptors (Lipinski definition) is 5. The third-order valence-corrected chi connectivity index (χ3v) is 3.97. The van der Waals surface area contributed by atoms with E-state index in [2.05, 4.69) is 15.1 Å². The fourth-order valence-corrected chi connectivity index (χ4v) is 2.58. The van der Waals surface area contributed by atoms with Crippen molar-refractivity contribution < 1.29 is 4.52 Å². The summed E-state index contributed by atoms with van der Waals surface area (Å²) in [5.41, 5.74) is 8.41. The molecule has 0 bridgehead atoms. The van der Waals surface area contributed by atoms with Gasteiger partial charge >= 0.3 is 0 Å². The molecule has 0 radical (unpaired) electrons. The number of anilines is 1. The molecule has 2 heterocycles. The summed E-state index contributed by atoms with van der Waals surface area (Å²) in [6.45, 7) is 0. The maximum atomic E-state index is 5.75. The lowest BCUT2D eigenvalue weighted by Crippen LogP contribution is -2.09. The van der Waals surface area contributed by atoms with Crippen LogP contribution >= 0.6 is 0 Å². The highest BCUT2D eigenvalue weighted by Gasteiger charge is 2.50. The molecule has 5 heteroatoms. The van der Waals surface area contributed by atoms with Crippen LogP contribution in [0.3, 0.4) is 0 Å². The average molecular weight is 278 g/mol.